The molecule has 0 spiro atoms. The lowest BCUT2D eigenvalue weighted by molar-refractivity contribution is -0.137. The monoisotopic (exact) mass is 566 g/mol. The second-order valence-electron chi connectivity index (χ2n) is 7.70. The van der Waals surface area contributed by atoms with Gasteiger partial charge in [-0.2, -0.15) is 13.2 Å². The Bertz CT molecular complexity index is 1430. The van der Waals surface area contributed by atoms with E-state index in [4.69, 9.17) is 27.9 Å². The van der Waals surface area contributed by atoms with Gasteiger partial charge in [-0.05, 0) is 42.0 Å². The molecule has 0 aliphatic heterocycles. The van der Waals surface area contributed by atoms with E-state index >= 15 is 0 Å². The number of alkyl halides is 3. The molecule has 1 heterocycles. The Morgan fingerprint density at radius 3 is 2.59 bits per heavy atom. The molecule has 6 nitrogen and oxygen atoms in total. The molecule has 37 heavy (non-hydrogen) atoms. The van der Waals surface area contributed by atoms with Gasteiger partial charge in [-0.1, -0.05) is 65.3 Å². The van der Waals surface area contributed by atoms with Crippen LogP contribution in [0.2, 0.25) is 10.0 Å². The van der Waals surface area contributed by atoms with Crippen LogP contribution in [-0.2, 0) is 18.5 Å². The predicted octanol–water partition coefficient (Wildman–Crippen LogP) is 6.82. The Morgan fingerprint density at radius 1 is 1.05 bits per heavy atom. The van der Waals surface area contributed by atoms with E-state index in [1.54, 1.807) is 41.0 Å². The molecule has 0 bridgehead atoms. The maximum atomic E-state index is 13.1. The van der Waals surface area contributed by atoms with Crippen molar-refractivity contribution in [1.82, 2.24) is 20.1 Å². The van der Waals surface area contributed by atoms with E-state index in [0.29, 0.717) is 33.0 Å². The zero-order valence-electron chi connectivity index (χ0n) is 19.2. The number of ether oxygens (including phenoxy) is 1. The average Bonchev–Trinajstić information content (AvgIpc) is 3.29. The van der Waals surface area contributed by atoms with Gasteiger partial charge in [0.05, 0.1) is 35.5 Å². The highest BCUT2D eigenvalue weighted by atomic mass is 35.5. The van der Waals surface area contributed by atoms with Gasteiger partial charge >= 0.3 is 6.18 Å². The molecule has 0 aliphatic carbocycles. The number of nitrogens with zero attached hydrogens (tertiary/aromatic N) is 3. The number of halogens is 5. The van der Waals surface area contributed by atoms with Gasteiger partial charge in [0.2, 0.25) is 0 Å². The maximum Gasteiger partial charge on any atom is 0.416 e. The summed E-state index contributed by atoms with van der Waals surface area (Å²) < 4.78 is 46.6. The van der Waals surface area contributed by atoms with Crippen LogP contribution in [-0.4, -0.2) is 27.8 Å². The Balaban J connectivity index is 1.62. The van der Waals surface area contributed by atoms with E-state index in [2.05, 4.69) is 15.5 Å². The van der Waals surface area contributed by atoms with Crippen LogP contribution in [0.3, 0.4) is 0 Å². The zero-order chi connectivity index (χ0) is 26.6. The van der Waals surface area contributed by atoms with Gasteiger partial charge in [-0.15, -0.1) is 10.2 Å². The highest BCUT2D eigenvalue weighted by Crippen LogP contribution is 2.33. The molecular formula is C25H19Cl2F3N4O2S. The Labute approximate surface area is 224 Å². The second-order valence-corrected chi connectivity index (χ2v) is 9.49. The third-order valence-corrected chi connectivity index (χ3v) is 6.79. The summed E-state index contributed by atoms with van der Waals surface area (Å²) in [5.41, 5.74) is 0.558. The first kappa shape index (κ1) is 26.8. The lowest BCUT2D eigenvalue weighted by Crippen LogP contribution is -2.25. The highest BCUT2D eigenvalue weighted by Gasteiger charge is 2.30. The highest BCUT2D eigenvalue weighted by molar-refractivity contribution is 7.98. The molecule has 4 aromatic rings. The number of carbonyl (C=O) groups is 1. The number of hydrogen-bond donors (Lipinski definition) is 1. The van der Waals surface area contributed by atoms with Crippen molar-refractivity contribution in [2.45, 2.75) is 23.6 Å². The van der Waals surface area contributed by atoms with Gasteiger partial charge in [-0.25, -0.2) is 0 Å². The number of thioether (sulfide) groups is 1. The van der Waals surface area contributed by atoms with Crippen molar-refractivity contribution in [2.75, 3.05) is 7.11 Å². The summed E-state index contributed by atoms with van der Waals surface area (Å²) in [6, 6.07) is 16.8. The van der Waals surface area contributed by atoms with Crippen LogP contribution in [0.4, 0.5) is 13.2 Å². The standard InChI is InChI=1S/C25H19Cl2F3N4O2S/c1-36-21-8-3-2-7-20(21)34-22(13-31-23(35)18-12-17(26)9-10-19(18)27)32-33-24(34)37-14-15-5-4-6-16(11-15)25(28,29)30/h2-12H,13-14H2,1H3,(H,31,35). The smallest absolute Gasteiger partial charge is 0.416 e. The molecule has 12 heteroatoms. The average molecular weight is 567 g/mol. The summed E-state index contributed by atoms with van der Waals surface area (Å²) in [6.07, 6.45) is -4.44. The quantitative estimate of drug-likeness (QED) is 0.237. The number of para-hydroxylation sites is 2. The summed E-state index contributed by atoms with van der Waals surface area (Å²) in [5.74, 6) is 0.651. The van der Waals surface area contributed by atoms with E-state index in [1.807, 2.05) is 0 Å². The minimum absolute atomic E-state index is 0.0170. The Kier molecular flexibility index (Phi) is 8.31. The molecule has 0 atom stereocenters. The molecule has 3 aromatic carbocycles. The van der Waals surface area contributed by atoms with E-state index < -0.39 is 17.6 Å². The van der Waals surface area contributed by atoms with Gasteiger partial charge in [0.15, 0.2) is 11.0 Å². The molecule has 0 aliphatic rings. The number of benzene rings is 3. The van der Waals surface area contributed by atoms with Gasteiger partial charge in [0.1, 0.15) is 5.75 Å². The van der Waals surface area contributed by atoms with Gasteiger partial charge < -0.3 is 10.1 Å². The predicted molar refractivity (Wildman–Crippen MR) is 137 cm³/mol. The van der Waals surface area contributed by atoms with Gasteiger partial charge in [0.25, 0.3) is 5.91 Å². The zero-order valence-corrected chi connectivity index (χ0v) is 21.5. The van der Waals surface area contributed by atoms with E-state index in [9.17, 15) is 18.0 Å². The first-order valence-corrected chi connectivity index (χ1v) is 12.5. The summed E-state index contributed by atoms with van der Waals surface area (Å²) >= 11 is 13.3. The van der Waals surface area contributed by atoms with E-state index in [-0.39, 0.29) is 22.9 Å². The fourth-order valence-corrected chi connectivity index (χ4v) is 4.76. The van der Waals surface area contributed by atoms with Gasteiger partial charge in [-0.3, -0.25) is 9.36 Å². The second kappa shape index (κ2) is 11.5. The number of aromatic nitrogens is 3. The molecular weight excluding hydrogens is 548 g/mol. The number of rotatable bonds is 8. The molecule has 1 N–H and O–H groups in total. The molecule has 0 radical (unpaired) electrons. The molecule has 1 amide bonds. The Morgan fingerprint density at radius 2 is 1.84 bits per heavy atom. The van der Waals surface area contributed by atoms with Crippen LogP contribution in [0.15, 0.2) is 71.9 Å². The summed E-state index contributed by atoms with van der Waals surface area (Å²) in [7, 11) is 1.52. The number of methoxy groups -OCH3 is 1. The molecule has 192 valence electrons. The normalized spacial score (nSPS) is 11.4. The van der Waals surface area contributed by atoms with Crippen LogP contribution in [0, 0.1) is 0 Å². The third-order valence-electron chi connectivity index (χ3n) is 5.23. The summed E-state index contributed by atoms with van der Waals surface area (Å²) in [5, 5.41) is 12.2. The fourth-order valence-electron chi connectivity index (χ4n) is 3.48. The van der Waals surface area contributed by atoms with Crippen LogP contribution < -0.4 is 10.1 Å². The minimum atomic E-state index is -4.44. The van der Waals surface area contributed by atoms with Gasteiger partial charge in [0, 0.05) is 10.8 Å². The summed E-state index contributed by atoms with van der Waals surface area (Å²) in [6.45, 7) is -0.0170. The Hall–Kier alpha value is -3.21. The van der Waals surface area contributed by atoms with Crippen molar-refractivity contribution in [2.24, 2.45) is 0 Å². The van der Waals surface area contributed by atoms with Crippen LogP contribution >= 0.6 is 35.0 Å². The number of amides is 1. The number of carbonyl (C=O) groups excluding carboxylic acids is 1. The van der Waals surface area contributed by atoms with Crippen molar-refractivity contribution in [3.8, 4) is 11.4 Å². The third kappa shape index (κ3) is 6.38. The number of hydrogen-bond acceptors (Lipinski definition) is 5. The van der Waals surface area contributed by atoms with E-state index in [0.717, 1.165) is 12.1 Å². The van der Waals surface area contributed by atoms with Crippen molar-refractivity contribution < 1.29 is 22.7 Å². The SMILES string of the molecule is COc1ccccc1-n1c(CNC(=O)c2cc(Cl)ccc2Cl)nnc1SCc1cccc(C(F)(F)F)c1. The van der Waals surface area contributed by atoms with Crippen LogP contribution in [0.1, 0.15) is 27.3 Å². The molecule has 0 unspecified atom stereocenters. The molecule has 4 rings (SSSR count). The van der Waals surface area contributed by atoms with Crippen molar-refractivity contribution in [3.05, 3.63) is 99.3 Å². The topological polar surface area (TPSA) is 69.0 Å². The first-order chi connectivity index (χ1) is 17.7. The first-order valence-electron chi connectivity index (χ1n) is 10.8. The van der Waals surface area contributed by atoms with E-state index in [1.165, 1.54) is 37.1 Å². The molecule has 1 aromatic heterocycles. The maximum absolute atomic E-state index is 13.1. The lowest BCUT2D eigenvalue weighted by Gasteiger charge is -2.14. The van der Waals surface area contributed by atoms with Crippen LogP contribution in [0.5, 0.6) is 5.75 Å². The molecule has 0 fully saturated rings. The number of nitrogens with one attached hydrogen (secondary N) is 1. The largest absolute Gasteiger partial charge is 0.495 e. The molecule has 0 saturated carbocycles. The fraction of sp³-hybridized carbons (Fsp3) is 0.160. The van der Waals surface area contributed by atoms with Crippen LogP contribution in [0.25, 0.3) is 5.69 Å². The molecule has 0 saturated heterocycles. The summed E-state index contributed by atoms with van der Waals surface area (Å²) in [4.78, 5) is 12.8. The van der Waals surface area contributed by atoms with Crippen molar-refractivity contribution in [1.29, 1.82) is 0 Å². The van der Waals surface area contributed by atoms with Crippen molar-refractivity contribution >= 4 is 40.9 Å². The lowest BCUT2D eigenvalue weighted by atomic mass is 10.1. The minimum Gasteiger partial charge on any atom is -0.495 e. The van der Waals surface area contributed by atoms with Crippen molar-refractivity contribution in [3.63, 3.8) is 0 Å².